The summed E-state index contributed by atoms with van der Waals surface area (Å²) in [6, 6.07) is -1.08. The zero-order valence-electron chi connectivity index (χ0n) is 12.7. The summed E-state index contributed by atoms with van der Waals surface area (Å²) in [5, 5.41) is 2.57. The van der Waals surface area contributed by atoms with Crippen molar-refractivity contribution >= 4 is 23.6 Å². The first-order valence-corrected chi connectivity index (χ1v) is 7.55. The highest BCUT2D eigenvalue weighted by atomic mass is 16.2. The third kappa shape index (κ3) is 3.37. The Hall–Kier alpha value is -2.12. The lowest BCUT2D eigenvalue weighted by Crippen LogP contribution is -2.50. The number of amides is 4. The molecule has 0 spiro atoms. The molecule has 8 heteroatoms. The number of hydrogen-bond donors (Lipinski definition) is 2. The third-order valence-corrected chi connectivity index (χ3v) is 4.28. The molecule has 3 N–H and O–H groups in total. The van der Waals surface area contributed by atoms with Crippen LogP contribution >= 0.6 is 0 Å². The predicted molar refractivity (Wildman–Crippen MR) is 77.3 cm³/mol. The molecular formula is C14H22N4O4. The van der Waals surface area contributed by atoms with Gasteiger partial charge in [0.25, 0.3) is 0 Å². The van der Waals surface area contributed by atoms with Gasteiger partial charge < -0.3 is 20.9 Å². The highest BCUT2D eigenvalue weighted by molar-refractivity contribution is 5.92. The van der Waals surface area contributed by atoms with Gasteiger partial charge in [-0.05, 0) is 25.7 Å². The average Bonchev–Trinajstić information content (AvgIpc) is 3.12. The zero-order chi connectivity index (χ0) is 16.3. The molecule has 2 heterocycles. The van der Waals surface area contributed by atoms with Crippen molar-refractivity contribution in [1.82, 2.24) is 15.1 Å². The maximum absolute atomic E-state index is 12.1. The van der Waals surface area contributed by atoms with Gasteiger partial charge in [0.05, 0.1) is 6.54 Å². The molecule has 122 valence electrons. The molecular weight excluding hydrogens is 288 g/mol. The summed E-state index contributed by atoms with van der Waals surface area (Å²) in [4.78, 5) is 49.9. The van der Waals surface area contributed by atoms with E-state index in [2.05, 4.69) is 5.32 Å². The molecule has 8 nitrogen and oxygen atoms in total. The van der Waals surface area contributed by atoms with Gasteiger partial charge >= 0.3 is 0 Å². The summed E-state index contributed by atoms with van der Waals surface area (Å²) in [6.07, 6.45) is 2.68. The van der Waals surface area contributed by atoms with Gasteiger partial charge in [0, 0.05) is 20.0 Å². The second-order valence-corrected chi connectivity index (χ2v) is 5.74. The predicted octanol–water partition coefficient (Wildman–Crippen LogP) is -1.41. The number of nitrogens with two attached hydrogens (primary N) is 1. The lowest BCUT2D eigenvalue weighted by Gasteiger charge is -2.24. The van der Waals surface area contributed by atoms with Crippen molar-refractivity contribution in [2.24, 2.45) is 5.73 Å². The van der Waals surface area contributed by atoms with E-state index in [-0.39, 0.29) is 24.3 Å². The number of carbonyl (C=O) groups is 4. The van der Waals surface area contributed by atoms with Crippen molar-refractivity contribution in [3.8, 4) is 0 Å². The summed E-state index contributed by atoms with van der Waals surface area (Å²) in [5.41, 5.74) is 5.27. The van der Waals surface area contributed by atoms with Crippen LogP contribution in [-0.4, -0.2) is 65.1 Å². The fourth-order valence-corrected chi connectivity index (χ4v) is 3.16. The number of rotatable bonds is 4. The molecule has 4 amide bonds. The van der Waals surface area contributed by atoms with Crippen LogP contribution in [0.5, 0.6) is 0 Å². The summed E-state index contributed by atoms with van der Waals surface area (Å²) >= 11 is 0. The Balaban J connectivity index is 1.87. The summed E-state index contributed by atoms with van der Waals surface area (Å²) in [5.74, 6) is -1.30. The molecule has 22 heavy (non-hydrogen) atoms. The molecule has 2 saturated heterocycles. The molecule has 0 saturated carbocycles. The van der Waals surface area contributed by atoms with E-state index in [1.165, 1.54) is 16.7 Å². The van der Waals surface area contributed by atoms with Crippen LogP contribution in [-0.2, 0) is 19.2 Å². The van der Waals surface area contributed by atoms with Crippen molar-refractivity contribution in [3.63, 3.8) is 0 Å². The second-order valence-electron chi connectivity index (χ2n) is 5.74. The number of nitrogens with zero attached hydrogens (tertiary/aromatic N) is 2. The van der Waals surface area contributed by atoms with E-state index < -0.39 is 18.0 Å². The van der Waals surface area contributed by atoms with Gasteiger partial charge in [0.15, 0.2) is 0 Å². The normalized spacial score (nSPS) is 24.4. The fraction of sp³-hybridized carbons (Fsp3) is 0.714. The Morgan fingerprint density at radius 1 is 1.05 bits per heavy atom. The number of hydrogen-bond acceptors (Lipinski definition) is 4. The second kappa shape index (κ2) is 6.76. The molecule has 2 aliphatic heterocycles. The van der Waals surface area contributed by atoms with Crippen LogP contribution in [0.4, 0.5) is 0 Å². The number of primary amides is 1. The first-order chi connectivity index (χ1) is 10.4. The van der Waals surface area contributed by atoms with Gasteiger partial charge in [-0.15, -0.1) is 0 Å². The smallest absolute Gasteiger partial charge is 0.243 e. The largest absolute Gasteiger partial charge is 0.368 e. The van der Waals surface area contributed by atoms with E-state index in [0.29, 0.717) is 25.9 Å². The van der Waals surface area contributed by atoms with E-state index >= 15 is 0 Å². The monoisotopic (exact) mass is 310 g/mol. The fourth-order valence-electron chi connectivity index (χ4n) is 3.16. The van der Waals surface area contributed by atoms with Crippen LogP contribution in [0.15, 0.2) is 0 Å². The number of carbonyl (C=O) groups excluding carboxylic acids is 4. The lowest BCUT2D eigenvalue weighted by atomic mass is 10.2. The Morgan fingerprint density at radius 3 is 2.23 bits per heavy atom. The molecule has 0 aliphatic carbocycles. The molecule has 0 unspecified atom stereocenters. The van der Waals surface area contributed by atoms with Crippen molar-refractivity contribution in [1.29, 1.82) is 0 Å². The maximum Gasteiger partial charge on any atom is 0.243 e. The standard InChI is InChI=1S/C14H22N4O4/c1-9(19)17-6-3-5-11(17)14(22)16-8-12(20)18-7-2-4-10(18)13(15)21/h10-11H,2-8H2,1H3,(H2,15,21)(H,16,22)/t10-,11-/m0/s1. The molecule has 0 radical (unpaired) electrons. The van der Waals surface area contributed by atoms with E-state index in [9.17, 15) is 19.2 Å². The van der Waals surface area contributed by atoms with E-state index in [1.54, 1.807) is 0 Å². The van der Waals surface area contributed by atoms with Crippen LogP contribution in [0, 0.1) is 0 Å². The first-order valence-electron chi connectivity index (χ1n) is 7.55. The highest BCUT2D eigenvalue weighted by Gasteiger charge is 2.35. The van der Waals surface area contributed by atoms with E-state index in [1.807, 2.05) is 0 Å². The van der Waals surface area contributed by atoms with Gasteiger partial charge in [0.2, 0.25) is 23.6 Å². The van der Waals surface area contributed by atoms with Crippen LogP contribution in [0.3, 0.4) is 0 Å². The van der Waals surface area contributed by atoms with Crippen molar-refractivity contribution in [3.05, 3.63) is 0 Å². The SMILES string of the molecule is CC(=O)N1CCC[C@H]1C(=O)NCC(=O)N1CCC[C@H]1C(N)=O. The molecule has 2 aliphatic rings. The average molecular weight is 310 g/mol. The Kier molecular flexibility index (Phi) is 4.99. The summed E-state index contributed by atoms with van der Waals surface area (Å²) < 4.78 is 0. The highest BCUT2D eigenvalue weighted by Crippen LogP contribution is 2.18. The number of nitrogens with one attached hydrogen (secondary N) is 1. The van der Waals surface area contributed by atoms with Crippen LogP contribution in [0.2, 0.25) is 0 Å². The van der Waals surface area contributed by atoms with Crippen molar-refractivity contribution < 1.29 is 19.2 Å². The Bertz CT molecular complexity index is 449. The minimum atomic E-state index is -0.579. The van der Waals surface area contributed by atoms with Crippen molar-refractivity contribution in [2.75, 3.05) is 19.6 Å². The van der Waals surface area contributed by atoms with Crippen LogP contribution in [0.1, 0.15) is 32.6 Å². The molecule has 2 atom stereocenters. The van der Waals surface area contributed by atoms with Gasteiger partial charge in [0.1, 0.15) is 12.1 Å². The quantitative estimate of drug-likeness (QED) is 0.664. The Labute approximate surface area is 129 Å². The van der Waals surface area contributed by atoms with Gasteiger partial charge in [-0.1, -0.05) is 0 Å². The number of likely N-dealkylation sites (tertiary alicyclic amines) is 2. The molecule has 0 bridgehead atoms. The minimum absolute atomic E-state index is 0.141. The molecule has 0 aromatic heterocycles. The summed E-state index contributed by atoms with van der Waals surface area (Å²) in [7, 11) is 0. The van der Waals surface area contributed by atoms with Gasteiger partial charge in [-0.3, -0.25) is 19.2 Å². The van der Waals surface area contributed by atoms with Crippen molar-refractivity contribution in [2.45, 2.75) is 44.7 Å². The Morgan fingerprint density at radius 2 is 1.64 bits per heavy atom. The van der Waals surface area contributed by atoms with Crippen LogP contribution < -0.4 is 11.1 Å². The van der Waals surface area contributed by atoms with Crippen LogP contribution in [0.25, 0.3) is 0 Å². The lowest BCUT2D eigenvalue weighted by molar-refractivity contribution is -0.139. The maximum atomic E-state index is 12.1. The summed E-state index contributed by atoms with van der Waals surface area (Å²) in [6.45, 7) is 2.30. The van der Waals surface area contributed by atoms with Gasteiger partial charge in [-0.2, -0.15) is 0 Å². The van der Waals surface area contributed by atoms with E-state index in [4.69, 9.17) is 5.73 Å². The van der Waals surface area contributed by atoms with E-state index in [0.717, 1.165) is 12.8 Å². The molecule has 0 aromatic rings. The molecule has 0 aromatic carbocycles. The topological polar surface area (TPSA) is 113 Å². The molecule has 2 rings (SSSR count). The van der Waals surface area contributed by atoms with Gasteiger partial charge in [-0.25, -0.2) is 0 Å². The first kappa shape index (κ1) is 16.3. The molecule has 2 fully saturated rings. The minimum Gasteiger partial charge on any atom is -0.368 e. The third-order valence-electron chi connectivity index (χ3n) is 4.28. The zero-order valence-corrected chi connectivity index (χ0v) is 12.7.